The second-order valence-corrected chi connectivity index (χ2v) is 3.52. The summed E-state index contributed by atoms with van der Waals surface area (Å²) in [5.74, 6) is 0.225. The van der Waals surface area contributed by atoms with Crippen molar-refractivity contribution in [2.75, 3.05) is 0 Å². The van der Waals surface area contributed by atoms with Crippen molar-refractivity contribution >= 4 is 10.3 Å². The molecule has 1 aromatic carbocycles. The van der Waals surface area contributed by atoms with Gasteiger partial charge in [0.2, 0.25) is 0 Å². The summed E-state index contributed by atoms with van der Waals surface area (Å²) in [5.41, 5.74) is 1.02. The fourth-order valence-corrected chi connectivity index (χ4v) is 1.10. The molecular weight excluding hydrogens is 179 g/mol. The predicted molar refractivity (Wildman–Crippen MR) is 45.7 cm³/mol. The maximum Gasteiger partial charge on any atom is 0.262 e. The van der Waals surface area contributed by atoms with E-state index in [-0.39, 0.29) is 5.75 Å². The first kappa shape index (κ1) is 8.99. The van der Waals surface area contributed by atoms with Crippen LogP contribution < -0.4 is 4.18 Å². The van der Waals surface area contributed by atoms with E-state index in [0.29, 0.717) is 0 Å². The summed E-state index contributed by atoms with van der Waals surface area (Å²) >= 11 is 0. The van der Waals surface area contributed by atoms with E-state index >= 15 is 0 Å². The van der Waals surface area contributed by atoms with Crippen LogP contribution in [0.25, 0.3) is 0 Å². The molecule has 0 unspecified atom stereocenters. The van der Waals surface area contributed by atoms with E-state index < -0.39 is 10.3 Å². The number of halogens is 1. The summed E-state index contributed by atoms with van der Waals surface area (Å²) < 4.78 is 29.9. The number of benzene rings is 1. The predicted octanol–water partition coefficient (Wildman–Crippen LogP) is 2.85. The van der Waals surface area contributed by atoms with Crippen molar-refractivity contribution in [3.05, 3.63) is 29.8 Å². The van der Waals surface area contributed by atoms with Crippen LogP contribution in [0.3, 0.4) is 0 Å². The van der Waals surface area contributed by atoms with E-state index in [4.69, 9.17) is 9.56 Å². The Labute approximate surface area is 71.1 Å². The SMILES string of the molecule is Cc1ccc(OS(=N)(=N)F)cc1. The molecule has 0 saturated carbocycles. The van der Waals surface area contributed by atoms with Gasteiger partial charge in [-0.2, -0.15) is 0 Å². The molecule has 0 amide bonds. The zero-order valence-electron chi connectivity index (χ0n) is 6.50. The maximum absolute atomic E-state index is 12.4. The van der Waals surface area contributed by atoms with Crippen molar-refractivity contribution < 1.29 is 8.07 Å². The molecule has 12 heavy (non-hydrogen) atoms. The Morgan fingerprint density at radius 2 is 1.75 bits per heavy atom. The quantitative estimate of drug-likeness (QED) is 0.736. The highest BCUT2D eigenvalue weighted by atomic mass is 32.3. The summed E-state index contributed by atoms with van der Waals surface area (Å²) in [6.45, 7) is 1.89. The number of rotatable bonds is 2. The Morgan fingerprint density at radius 1 is 1.25 bits per heavy atom. The van der Waals surface area contributed by atoms with Crippen LogP contribution in [0.1, 0.15) is 5.56 Å². The van der Waals surface area contributed by atoms with Crippen LogP contribution in [0, 0.1) is 16.5 Å². The Hall–Kier alpha value is -1.10. The third kappa shape index (κ3) is 2.87. The Balaban J connectivity index is 2.85. The van der Waals surface area contributed by atoms with E-state index in [1.165, 1.54) is 0 Å². The van der Waals surface area contributed by atoms with Gasteiger partial charge < -0.3 is 4.18 Å². The molecule has 3 nitrogen and oxygen atoms in total. The Bertz CT molecular complexity index is 357. The lowest BCUT2D eigenvalue weighted by Gasteiger charge is -2.03. The van der Waals surface area contributed by atoms with Crippen molar-refractivity contribution in [2.24, 2.45) is 0 Å². The van der Waals surface area contributed by atoms with Crippen LogP contribution in [0.2, 0.25) is 0 Å². The molecule has 1 rings (SSSR count). The number of hydrogen-bond donors (Lipinski definition) is 2. The molecule has 0 heterocycles. The molecule has 0 aliphatic rings. The molecule has 0 aliphatic heterocycles. The molecule has 0 saturated heterocycles. The van der Waals surface area contributed by atoms with E-state index in [1.54, 1.807) is 24.3 Å². The van der Waals surface area contributed by atoms with Crippen molar-refractivity contribution in [3.8, 4) is 5.75 Å². The van der Waals surface area contributed by atoms with Gasteiger partial charge in [0.1, 0.15) is 5.75 Å². The zero-order valence-corrected chi connectivity index (χ0v) is 7.32. The van der Waals surface area contributed by atoms with Gasteiger partial charge in [0.25, 0.3) is 10.3 Å². The largest absolute Gasteiger partial charge is 0.388 e. The fraction of sp³-hybridized carbons (Fsp3) is 0.143. The fourth-order valence-electron chi connectivity index (χ4n) is 0.726. The average molecular weight is 188 g/mol. The van der Waals surface area contributed by atoms with Gasteiger partial charge in [0.15, 0.2) is 0 Å². The van der Waals surface area contributed by atoms with Gasteiger partial charge in [0, 0.05) is 0 Å². The van der Waals surface area contributed by atoms with E-state index in [0.717, 1.165) is 5.56 Å². The van der Waals surface area contributed by atoms with Crippen molar-refractivity contribution in [1.29, 1.82) is 9.56 Å². The molecule has 66 valence electrons. The molecule has 0 bridgehead atoms. The molecule has 2 N–H and O–H groups in total. The molecule has 5 heteroatoms. The van der Waals surface area contributed by atoms with Crippen LogP contribution in [-0.4, -0.2) is 0 Å². The smallest absolute Gasteiger partial charge is 0.262 e. The van der Waals surface area contributed by atoms with Crippen molar-refractivity contribution in [2.45, 2.75) is 6.92 Å². The van der Waals surface area contributed by atoms with Crippen LogP contribution in [-0.2, 0) is 10.3 Å². The lowest BCUT2D eigenvalue weighted by Crippen LogP contribution is -1.96. The van der Waals surface area contributed by atoms with Crippen LogP contribution in [0.15, 0.2) is 24.3 Å². The van der Waals surface area contributed by atoms with Gasteiger partial charge in [-0.3, -0.25) is 0 Å². The number of nitrogens with one attached hydrogen (secondary N) is 2. The third-order valence-corrected chi connectivity index (χ3v) is 1.65. The maximum atomic E-state index is 12.4. The molecule has 0 spiro atoms. The minimum atomic E-state index is -3.89. The minimum Gasteiger partial charge on any atom is -0.388 e. The second-order valence-electron chi connectivity index (χ2n) is 2.38. The highest BCUT2D eigenvalue weighted by Crippen LogP contribution is 2.14. The van der Waals surface area contributed by atoms with Crippen LogP contribution in [0.4, 0.5) is 3.89 Å². The Kier molecular flexibility index (Phi) is 2.32. The van der Waals surface area contributed by atoms with Crippen LogP contribution >= 0.6 is 0 Å². The summed E-state index contributed by atoms with van der Waals surface area (Å²) in [5, 5.41) is 0. The summed E-state index contributed by atoms with van der Waals surface area (Å²) in [6, 6.07) is 6.56. The van der Waals surface area contributed by atoms with E-state index in [2.05, 4.69) is 4.18 Å². The number of aryl methyl sites for hydroxylation is 1. The first-order valence-electron chi connectivity index (χ1n) is 3.25. The van der Waals surface area contributed by atoms with Gasteiger partial charge in [0.05, 0.1) is 0 Å². The Morgan fingerprint density at radius 3 is 2.17 bits per heavy atom. The third-order valence-electron chi connectivity index (χ3n) is 1.23. The van der Waals surface area contributed by atoms with Gasteiger partial charge >= 0.3 is 0 Å². The first-order chi connectivity index (χ1) is 5.47. The molecule has 0 fully saturated rings. The lowest BCUT2D eigenvalue weighted by atomic mass is 10.2. The highest BCUT2D eigenvalue weighted by molar-refractivity contribution is 7.84. The molecule has 0 radical (unpaired) electrons. The summed E-state index contributed by atoms with van der Waals surface area (Å²) in [4.78, 5) is 0. The normalized spacial score (nSPS) is 11.2. The van der Waals surface area contributed by atoms with E-state index in [9.17, 15) is 3.89 Å². The zero-order chi connectivity index (χ0) is 9.19. The monoisotopic (exact) mass is 188 g/mol. The minimum absolute atomic E-state index is 0.225. The van der Waals surface area contributed by atoms with Crippen LogP contribution in [0.5, 0.6) is 5.75 Å². The van der Waals surface area contributed by atoms with Gasteiger partial charge in [-0.1, -0.05) is 17.7 Å². The summed E-state index contributed by atoms with van der Waals surface area (Å²) in [6.07, 6.45) is 0. The molecule has 0 atom stereocenters. The van der Waals surface area contributed by atoms with Gasteiger partial charge in [-0.15, -0.1) is 3.89 Å². The topological polar surface area (TPSA) is 56.9 Å². The van der Waals surface area contributed by atoms with E-state index in [1.807, 2.05) is 6.92 Å². The van der Waals surface area contributed by atoms with Crippen molar-refractivity contribution in [3.63, 3.8) is 0 Å². The van der Waals surface area contributed by atoms with Gasteiger partial charge in [-0.05, 0) is 19.1 Å². The summed E-state index contributed by atoms with van der Waals surface area (Å²) in [7, 11) is -3.89. The highest BCUT2D eigenvalue weighted by Gasteiger charge is 1.99. The number of hydrogen-bond acceptors (Lipinski definition) is 3. The average Bonchev–Trinajstić information content (AvgIpc) is 1.91. The molecular formula is C7H9FN2OS. The first-order valence-corrected chi connectivity index (χ1v) is 4.71. The molecule has 0 aliphatic carbocycles. The standard InChI is InChI=1S/C7H9FN2OS/c1-6-2-4-7(5-3-6)11-12(8,9)10/h2-5,9-10H,1H3. The molecule has 0 aromatic heterocycles. The molecule has 1 aromatic rings. The van der Waals surface area contributed by atoms with Crippen molar-refractivity contribution in [1.82, 2.24) is 0 Å². The lowest BCUT2D eigenvalue weighted by molar-refractivity contribution is 0.574. The second kappa shape index (κ2) is 3.10. The van der Waals surface area contributed by atoms with Gasteiger partial charge in [-0.25, -0.2) is 9.56 Å².